The van der Waals surface area contributed by atoms with Gasteiger partial charge in [-0.05, 0) is 30.5 Å². The molecule has 0 amide bonds. The summed E-state index contributed by atoms with van der Waals surface area (Å²) in [6.07, 6.45) is 3.65. The fourth-order valence-corrected chi connectivity index (χ4v) is 2.79. The van der Waals surface area contributed by atoms with E-state index in [-0.39, 0.29) is 5.82 Å². The van der Waals surface area contributed by atoms with Gasteiger partial charge in [0, 0.05) is 19.2 Å². The van der Waals surface area contributed by atoms with Gasteiger partial charge in [-0.15, -0.1) is 0 Å². The van der Waals surface area contributed by atoms with Crippen molar-refractivity contribution in [1.29, 1.82) is 0 Å². The highest BCUT2D eigenvalue weighted by Crippen LogP contribution is 2.29. The Morgan fingerprint density at radius 1 is 1.50 bits per heavy atom. The maximum Gasteiger partial charge on any atom is 0.312 e. The molecule has 0 fully saturated rings. The summed E-state index contributed by atoms with van der Waals surface area (Å²) in [7, 11) is 0. The van der Waals surface area contributed by atoms with Crippen LogP contribution in [0.5, 0.6) is 0 Å². The molecule has 0 saturated heterocycles. The summed E-state index contributed by atoms with van der Waals surface area (Å²) in [5.41, 5.74) is 1.60. The van der Waals surface area contributed by atoms with Crippen molar-refractivity contribution in [1.82, 2.24) is 9.55 Å². The second kappa shape index (κ2) is 5.07. The Morgan fingerprint density at radius 2 is 2.35 bits per heavy atom. The number of fused-ring (bicyclic) bond motifs is 1. The van der Waals surface area contributed by atoms with Gasteiger partial charge < -0.3 is 9.67 Å². The fraction of sp³-hybridized carbons (Fsp3) is 0.333. The molecule has 3 rings (SSSR count). The fourth-order valence-electron chi connectivity index (χ4n) is 2.79. The summed E-state index contributed by atoms with van der Waals surface area (Å²) in [6.45, 7) is 0.782. The van der Waals surface area contributed by atoms with E-state index in [1.165, 1.54) is 12.1 Å². The number of carboxylic acid groups (broad SMARTS) is 1. The number of nitrogens with zero attached hydrogens (tertiary/aromatic N) is 2. The van der Waals surface area contributed by atoms with E-state index in [2.05, 4.69) is 4.98 Å². The van der Waals surface area contributed by atoms with Crippen LogP contribution in [0.4, 0.5) is 4.39 Å². The number of halogens is 1. The number of aromatic nitrogens is 2. The van der Waals surface area contributed by atoms with Gasteiger partial charge in [0.1, 0.15) is 11.6 Å². The largest absolute Gasteiger partial charge is 0.481 e. The smallest absolute Gasteiger partial charge is 0.312 e. The summed E-state index contributed by atoms with van der Waals surface area (Å²) in [4.78, 5) is 15.6. The second-order valence-corrected chi connectivity index (χ2v) is 5.09. The van der Waals surface area contributed by atoms with Crippen LogP contribution < -0.4 is 0 Å². The third kappa shape index (κ3) is 2.31. The number of carboxylic acids is 1. The van der Waals surface area contributed by atoms with E-state index in [4.69, 9.17) is 0 Å². The molecule has 2 aromatic rings. The molecule has 0 spiro atoms. The summed E-state index contributed by atoms with van der Waals surface area (Å²) >= 11 is 0. The average Bonchev–Trinajstić information content (AvgIpc) is 2.82. The molecule has 1 aromatic heterocycles. The first-order chi connectivity index (χ1) is 9.65. The normalized spacial score (nSPS) is 17.8. The monoisotopic (exact) mass is 274 g/mol. The van der Waals surface area contributed by atoms with E-state index in [0.717, 1.165) is 30.0 Å². The lowest BCUT2D eigenvalue weighted by Gasteiger charge is -2.22. The zero-order chi connectivity index (χ0) is 14.1. The van der Waals surface area contributed by atoms with Crippen molar-refractivity contribution in [3.8, 4) is 0 Å². The number of hydrogen-bond acceptors (Lipinski definition) is 2. The summed E-state index contributed by atoms with van der Waals surface area (Å²) in [5.74, 6) is -0.742. The minimum absolute atomic E-state index is 0.267. The van der Waals surface area contributed by atoms with Gasteiger partial charge in [0.2, 0.25) is 0 Å². The zero-order valence-electron chi connectivity index (χ0n) is 10.9. The first-order valence-corrected chi connectivity index (χ1v) is 6.66. The van der Waals surface area contributed by atoms with Crippen LogP contribution in [0.1, 0.15) is 35.8 Å². The Labute approximate surface area is 115 Å². The minimum atomic E-state index is -0.803. The first kappa shape index (κ1) is 12.8. The van der Waals surface area contributed by atoms with E-state index in [1.54, 1.807) is 12.3 Å². The van der Waals surface area contributed by atoms with Gasteiger partial charge >= 0.3 is 5.97 Å². The van der Waals surface area contributed by atoms with Crippen molar-refractivity contribution in [3.05, 3.63) is 53.4 Å². The molecule has 1 N–H and O–H groups in total. The Kier molecular flexibility index (Phi) is 3.26. The molecule has 1 atom stereocenters. The van der Waals surface area contributed by atoms with Crippen molar-refractivity contribution >= 4 is 5.97 Å². The van der Waals surface area contributed by atoms with Gasteiger partial charge in [-0.3, -0.25) is 4.79 Å². The van der Waals surface area contributed by atoms with Crippen LogP contribution in [-0.2, 0) is 17.8 Å². The van der Waals surface area contributed by atoms with Crippen molar-refractivity contribution in [2.75, 3.05) is 0 Å². The van der Waals surface area contributed by atoms with Crippen LogP contribution in [0, 0.1) is 5.82 Å². The molecule has 0 saturated carbocycles. The average molecular weight is 274 g/mol. The Balaban J connectivity index is 1.91. The molecule has 1 unspecified atom stereocenters. The lowest BCUT2D eigenvalue weighted by Crippen LogP contribution is -2.22. The first-order valence-electron chi connectivity index (χ1n) is 6.66. The summed E-state index contributed by atoms with van der Waals surface area (Å²) < 4.78 is 15.2. The molecule has 1 aliphatic heterocycles. The molecule has 2 heterocycles. The van der Waals surface area contributed by atoms with Gasteiger partial charge in [0.15, 0.2) is 0 Å². The van der Waals surface area contributed by atoms with E-state index >= 15 is 0 Å². The van der Waals surface area contributed by atoms with Gasteiger partial charge in [-0.25, -0.2) is 9.37 Å². The molecule has 4 nitrogen and oxygen atoms in total. The quantitative estimate of drug-likeness (QED) is 0.936. The third-order valence-corrected chi connectivity index (χ3v) is 3.75. The molecule has 0 radical (unpaired) electrons. The van der Waals surface area contributed by atoms with Gasteiger partial charge in [-0.1, -0.05) is 12.1 Å². The van der Waals surface area contributed by atoms with E-state index in [1.807, 2.05) is 10.6 Å². The molecule has 1 aromatic carbocycles. The topological polar surface area (TPSA) is 55.1 Å². The molecular weight excluding hydrogens is 259 g/mol. The summed E-state index contributed by atoms with van der Waals surface area (Å²) in [6, 6.07) is 6.41. The summed E-state index contributed by atoms with van der Waals surface area (Å²) in [5, 5.41) is 9.23. The molecular formula is C15H15FN2O2. The molecule has 20 heavy (non-hydrogen) atoms. The Hall–Kier alpha value is -2.17. The zero-order valence-corrected chi connectivity index (χ0v) is 10.9. The van der Waals surface area contributed by atoms with Crippen LogP contribution >= 0.6 is 0 Å². The van der Waals surface area contributed by atoms with Crippen molar-refractivity contribution in [2.24, 2.45) is 0 Å². The van der Waals surface area contributed by atoms with E-state index in [0.29, 0.717) is 12.8 Å². The van der Waals surface area contributed by atoms with Crippen molar-refractivity contribution < 1.29 is 14.3 Å². The minimum Gasteiger partial charge on any atom is -0.481 e. The molecule has 0 bridgehead atoms. The van der Waals surface area contributed by atoms with Crippen LogP contribution in [0.2, 0.25) is 0 Å². The highest BCUT2D eigenvalue weighted by atomic mass is 19.1. The predicted molar refractivity (Wildman–Crippen MR) is 71.0 cm³/mol. The number of benzene rings is 1. The van der Waals surface area contributed by atoms with E-state index < -0.39 is 11.9 Å². The van der Waals surface area contributed by atoms with Crippen LogP contribution in [0.3, 0.4) is 0 Å². The van der Waals surface area contributed by atoms with Crippen LogP contribution in [-0.4, -0.2) is 20.6 Å². The maximum absolute atomic E-state index is 13.2. The number of aliphatic carboxylic acids is 1. The number of rotatable bonds is 3. The van der Waals surface area contributed by atoms with Gasteiger partial charge in [-0.2, -0.15) is 0 Å². The van der Waals surface area contributed by atoms with E-state index in [9.17, 15) is 14.3 Å². The number of hydrogen-bond donors (Lipinski definition) is 1. The Bertz CT molecular complexity index is 651. The highest BCUT2D eigenvalue weighted by Gasteiger charge is 2.28. The highest BCUT2D eigenvalue weighted by molar-refractivity contribution is 5.75. The lowest BCUT2D eigenvalue weighted by atomic mass is 9.96. The van der Waals surface area contributed by atoms with Gasteiger partial charge in [0.25, 0.3) is 0 Å². The SMILES string of the molecule is O=C(O)C1CCCn2c1cnc2Cc1cccc(F)c1. The standard InChI is InChI=1S/C15H15FN2O2/c16-11-4-1-3-10(7-11)8-14-17-9-13-12(15(19)20)5-2-6-18(13)14/h1,3-4,7,9,12H,2,5-6,8H2,(H,19,20). The molecule has 0 aliphatic carbocycles. The third-order valence-electron chi connectivity index (χ3n) is 3.75. The molecule has 104 valence electrons. The second-order valence-electron chi connectivity index (χ2n) is 5.09. The molecule has 5 heteroatoms. The lowest BCUT2D eigenvalue weighted by molar-refractivity contribution is -0.139. The molecule has 1 aliphatic rings. The number of imidazole rings is 1. The predicted octanol–water partition coefficient (Wildman–Crippen LogP) is 2.58. The van der Waals surface area contributed by atoms with Crippen LogP contribution in [0.15, 0.2) is 30.5 Å². The van der Waals surface area contributed by atoms with Crippen molar-refractivity contribution in [2.45, 2.75) is 31.7 Å². The van der Waals surface area contributed by atoms with Crippen molar-refractivity contribution in [3.63, 3.8) is 0 Å². The van der Waals surface area contributed by atoms with Crippen LogP contribution in [0.25, 0.3) is 0 Å². The Morgan fingerprint density at radius 3 is 3.10 bits per heavy atom. The maximum atomic E-state index is 13.2. The number of carbonyl (C=O) groups is 1. The van der Waals surface area contributed by atoms with Gasteiger partial charge in [0.05, 0.1) is 11.6 Å².